The molecule has 0 saturated carbocycles. The van der Waals surface area contributed by atoms with Crippen LogP contribution in [0.1, 0.15) is 27.0 Å². The number of aryl methyl sites for hydroxylation is 1. The zero-order valence-corrected chi connectivity index (χ0v) is 34.9. The number of azo groups is 1. The van der Waals surface area contributed by atoms with Gasteiger partial charge < -0.3 is 20.3 Å². The molecule has 0 aromatic heterocycles. The van der Waals surface area contributed by atoms with E-state index in [0.29, 0.717) is 34.3 Å². The highest BCUT2D eigenvalue weighted by Gasteiger charge is 2.33. The molecule has 6 aromatic rings. The fraction of sp³-hybridized carbons (Fsp3) is 0.0488. The molecule has 7 N–H and O–H groups in total. The lowest BCUT2D eigenvalue weighted by molar-refractivity contribution is 0.106. The van der Waals surface area contributed by atoms with E-state index in [9.17, 15) is 53.9 Å². The lowest BCUT2D eigenvalue weighted by Gasteiger charge is -2.18. The molecule has 19 nitrogen and oxygen atoms in total. The first-order chi connectivity index (χ1) is 29.7. The number of phenolic OH excluding ortho intramolecular Hbond substituents is 1. The van der Waals surface area contributed by atoms with Gasteiger partial charge in [0.1, 0.15) is 16.4 Å². The van der Waals surface area contributed by atoms with Crippen LogP contribution in [0, 0.1) is 6.92 Å². The number of aliphatic hydroxyl groups excluding tert-OH is 1. The number of benzene rings is 6. The molecule has 0 amide bonds. The Hall–Kier alpha value is -7.34. The van der Waals surface area contributed by atoms with Crippen LogP contribution >= 0.6 is 0 Å². The molecule has 0 heterocycles. The summed E-state index contributed by atoms with van der Waals surface area (Å²) in [5, 5.41) is 36.0. The van der Waals surface area contributed by atoms with Crippen molar-refractivity contribution in [2.45, 2.75) is 16.7 Å². The number of carbonyl (C=O) groups excluding carboxylic acids is 1. The highest BCUT2D eigenvalue weighted by Crippen LogP contribution is 2.40. The summed E-state index contributed by atoms with van der Waals surface area (Å²) in [6.45, 7) is 1.56. The van der Waals surface area contributed by atoms with Gasteiger partial charge in [0.25, 0.3) is 30.4 Å². The average molecular weight is 913 g/mol. The van der Waals surface area contributed by atoms with Crippen LogP contribution in [0.3, 0.4) is 0 Å². The number of hydrazone groups is 1. The van der Waals surface area contributed by atoms with Crippen LogP contribution in [0.4, 0.5) is 34.1 Å². The first-order valence-corrected chi connectivity index (χ1v) is 22.3. The number of rotatable bonds is 12. The first-order valence-electron chi connectivity index (χ1n) is 18.0. The number of ether oxygens (including phenoxy) is 1. The topological polar surface area (TPSA) is 303 Å². The Bertz CT molecular complexity index is 3330. The summed E-state index contributed by atoms with van der Waals surface area (Å²) in [4.78, 5) is 15.7. The summed E-state index contributed by atoms with van der Waals surface area (Å²) in [6.07, 6.45) is 1.09. The quantitative estimate of drug-likeness (QED) is 0.0201. The van der Waals surface area contributed by atoms with Gasteiger partial charge in [0.05, 0.1) is 45.0 Å². The molecule has 63 heavy (non-hydrogen) atoms. The molecular formula is C41H32N6O13S3. The molecule has 322 valence electrons. The van der Waals surface area contributed by atoms with Gasteiger partial charge in [-0.05, 0) is 108 Å². The number of aromatic hydroxyl groups is 1. The number of hydrogen-bond donors (Lipinski definition) is 7. The summed E-state index contributed by atoms with van der Waals surface area (Å²) >= 11 is 0. The van der Waals surface area contributed by atoms with Crippen LogP contribution in [0.5, 0.6) is 11.5 Å². The van der Waals surface area contributed by atoms with Gasteiger partial charge in [-0.15, -0.1) is 5.11 Å². The smallest absolute Gasteiger partial charge is 0.296 e. The van der Waals surface area contributed by atoms with Crippen molar-refractivity contribution in [3.8, 4) is 11.5 Å². The summed E-state index contributed by atoms with van der Waals surface area (Å²) < 4.78 is 108. The van der Waals surface area contributed by atoms with Crippen molar-refractivity contribution in [2.24, 2.45) is 20.3 Å². The molecular weight excluding hydrogens is 881 g/mol. The summed E-state index contributed by atoms with van der Waals surface area (Å²) in [5.74, 6) is -1.68. The standard InChI is InChI=1S/C41H32N6O13S3/c1-22-14-33(36(60-2)21-32(22)44-46-34-19-29(61(51,52)53)16-25-17-30(62(54,55)56)20-35(48)38(25)34)45-47-39-37(63(57,58)59)18-24-15-28(12-13-31(24)40(39)49)42-26-8-10-27(11-9-26)43-41(50)23-6-4-3-5-7-23/h3-21,42,45,48H,1-2H3,(H,43,50)(H,51,52,53)(H,54,55,56)(H,57,58,59)/b46-44?,47-39-. The molecule has 1 aliphatic rings. The van der Waals surface area contributed by atoms with E-state index in [1.54, 1.807) is 61.5 Å². The molecule has 0 saturated heterocycles. The fourth-order valence-corrected chi connectivity index (χ4v) is 8.07. The zero-order valence-electron chi connectivity index (χ0n) is 32.5. The number of fused-ring (bicyclic) bond motifs is 2. The Labute approximate surface area is 358 Å². The molecule has 0 aliphatic heterocycles. The minimum atomic E-state index is -5.02. The largest absolute Gasteiger partial charge is 0.507 e. The van der Waals surface area contributed by atoms with Gasteiger partial charge in [0.2, 0.25) is 11.7 Å². The SMILES string of the molecule is COc1cc(N=Nc2cc(S(=O)(=O)O)cc3cc(S(=O)(=O)O)cc(O)c23)c(C)cc1N/N=C1\C(=O)c2ccc(Nc3ccc(N=C(O)c4ccccc4)cc3)cc2C=C1S(=O)(=O)O. The van der Waals surface area contributed by atoms with Gasteiger partial charge in [-0.2, -0.15) is 35.5 Å². The Morgan fingerprint density at radius 1 is 0.714 bits per heavy atom. The van der Waals surface area contributed by atoms with Gasteiger partial charge in [-0.1, -0.05) is 18.2 Å². The van der Waals surface area contributed by atoms with Crippen LogP contribution in [0.2, 0.25) is 0 Å². The zero-order chi connectivity index (χ0) is 45.4. The molecule has 1 aliphatic carbocycles. The molecule has 7 rings (SSSR count). The summed E-state index contributed by atoms with van der Waals surface area (Å²) in [6, 6.07) is 26.2. The van der Waals surface area contributed by atoms with E-state index in [4.69, 9.17) is 4.74 Å². The third-order valence-electron chi connectivity index (χ3n) is 9.35. The fourth-order valence-electron chi connectivity index (χ4n) is 6.34. The molecule has 6 aromatic carbocycles. The van der Waals surface area contributed by atoms with Gasteiger partial charge in [-0.25, -0.2) is 4.99 Å². The van der Waals surface area contributed by atoms with E-state index < -0.39 is 62.3 Å². The maximum atomic E-state index is 13.7. The molecule has 0 radical (unpaired) electrons. The van der Waals surface area contributed by atoms with Crippen LogP contribution in [-0.4, -0.2) is 73.6 Å². The number of ketones is 1. The number of methoxy groups -OCH3 is 1. The minimum absolute atomic E-state index is 0.0284. The van der Waals surface area contributed by atoms with Crippen molar-refractivity contribution in [3.05, 3.63) is 136 Å². The highest BCUT2D eigenvalue weighted by molar-refractivity contribution is 7.91. The number of allylic oxidation sites excluding steroid dienone is 1. The van der Waals surface area contributed by atoms with E-state index in [-0.39, 0.29) is 50.6 Å². The van der Waals surface area contributed by atoms with E-state index in [2.05, 4.69) is 31.1 Å². The second-order valence-corrected chi connectivity index (χ2v) is 17.9. The normalized spacial score (nSPS) is 14.2. The van der Waals surface area contributed by atoms with E-state index >= 15 is 0 Å². The number of phenols is 1. The molecule has 0 spiro atoms. The highest BCUT2D eigenvalue weighted by atomic mass is 32.2. The Morgan fingerprint density at radius 2 is 1.35 bits per heavy atom. The number of nitrogens with one attached hydrogen (secondary N) is 2. The number of anilines is 3. The van der Waals surface area contributed by atoms with E-state index in [1.807, 2.05) is 6.07 Å². The second-order valence-electron chi connectivity index (χ2n) is 13.6. The number of carbonyl (C=O) groups is 1. The van der Waals surface area contributed by atoms with Gasteiger partial charge >= 0.3 is 0 Å². The average Bonchev–Trinajstić information content (AvgIpc) is 3.22. The van der Waals surface area contributed by atoms with Gasteiger partial charge in [-0.3, -0.25) is 23.9 Å². The predicted octanol–water partition coefficient (Wildman–Crippen LogP) is 8.04. The van der Waals surface area contributed by atoms with Crippen LogP contribution in [0.15, 0.2) is 144 Å². The Kier molecular flexibility index (Phi) is 11.7. The van der Waals surface area contributed by atoms with Gasteiger partial charge in [0.15, 0.2) is 5.71 Å². The van der Waals surface area contributed by atoms with E-state index in [1.165, 1.54) is 31.4 Å². The Balaban J connectivity index is 1.15. The molecule has 0 fully saturated rings. The Morgan fingerprint density at radius 3 is 1.98 bits per heavy atom. The van der Waals surface area contributed by atoms with E-state index in [0.717, 1.165) is 24.3 Å². The van der Waals surface area contributed by atoms with Crippen LogP contribution in [0.25, 0.3) is 16.8 Å². The molecule has 0 atom stereocenters. The maximum Gasteiger partial charge on any atom is 0.296 e. The van der Waals surface area contributed by atoms with Crippen molar-refractivity contribution in [1.82, 2.24) is 0 Å². The van der Waals surface area contributed by atoms with Gasteiger partial charge in [0, 0.05) is 34.6 Å². The maximum absolute atomic E-state index is 13.7. The van der Waals surface area contributed by atoms with Crippen LogP contribution < -0.4 is 15.5 Å². The second kappa shape index (κ2) is 16.8. The number of aliphatic hydroxyl groups is 1. The summed E-state index contributed by atoms with van der Waals surface area (Å²) in [5.41, 5.74) is 4.51. The predicted molar refractivity (Wildman–Crippen MR) is 233 cm³/mol. The van der Waals surface area contributed by atoms with Crippen molar-refractivity contribution in [3.63, 3.8) is 0 Å². The third-order valence-corrected chi connectivity index (χ3v) is 11.9. The molecule has 22 heteroatoms. The number of Topliss-reactive ketones (excluding diaryl/α,β-unsaturated/α-hetero) is 1. The third kappa shape index (κ3) is 9.60. The lowest BCUT2D eigenvalue weighted by atomic mass is 9.94. The lowest BCUT2D eigenvalue weighted by Crippen LogP contribution is -2.27. The molecule has 0 unspecified atom stereocenters. The number of nitrogens with zero attached hydrogens (tertiary/aromatic N) is 4. The van der Waals surface area contributed by atoms with Crippen molar-refractivity contribution in [1.29, 1.82) is 0 Å². The first kappa shape index (κ1) is 43.7. The van der Waals surface area contributed by atoms with Crippen molar-refractivity contribution < 1.29 is 58.7 Å². The number of aliphatic imine (C=N–C) groups is 1. The molecule has 0 bridgehead atoms. The summed E-state index contributed by atoms with van der Waals surface area (Å²) in [7, 11) is -13.5. The van der Waals surface area contributed by atoms with Crippen molar-refractivity contribution >= 4 is 98.7 Å². The van der Waals surface area contributed by atoms with Crippen LogP contribution in [-0.2, 0) is 30.4 Å². The monoisotopic (exact) mass is 912 g/mol. The van der Waals surface area contributed by atoms with Crippen molar-refractivity contribution in [2.75, 3.05) is 17.9 Å². The number of hydrogen-bond acceptors (Lipinski definition) is 15. The minimum Gasteiger partial charge on any atom is -0.507 e.